The van der Waals surface area contributed by atoms with E-state index in [-0.39, 0.29) is 11.1 Å². The molecule has 2 nitrogen and oxygen atoms in total. The maximum atomic E-state index is 13.9. The molecule has 0 aliphatic carbocycles. The largest absolute Gasteiger partial charge is 0.204 e. The highest BCUT2D eigenvalue weighted by Crippen LogP contribution is 2.36. The van der Waals surface area contributed by atoms with Crippen molar-refractivity contribution in [1.29, 1.82) is 10.5 Å². The van der Waals surface area contributed by atoms with Gasteiger partial charge in [0.05, 0.1) is 11.1 Å². The van der Waals surface area contributed by atoms with Crippen LogP contribution >= 0.6 is 11.3 Å². The molecule has 0 bridgehead atoms. The van der Waals surface area contributed by atoms with Crippen LogP contribution in [0, 0.1) is 28.5 Å². The van der Waals surface area contributed by atoms with Crippen LogP contribution in [0.15, 0.2) is 54.6 Å². The molecule has 126 valence electrons. The lowest BCUT2D eigenvalue weighted by molar-refractivity contribution is 0.620. The number of thiophene rings is 1. The van der Waals surface area contributed by atoms with Gasteiger partial charge in [0.25, 0.3) is 0 Å². The Bertz CT molecular complexity index is 1160. The fourth-order valence-electron chi connectivity index (χ4n) is 2.86. The van der Waals surface area contributed by atoms with Crippen LogP contribution in [0.25, 0.3) is 31.3 Å². The molecule has 1 aromatic heterocycles. The van der Waals surface area contributed by atoms with E-state index in [1.165, 1.54) is 26.9 Å². The van der Waals surface area contributed by atoms with E-state index in [4.69, 9.17) is 10.5 Å². The van der Waals surface area contributed by atoms with E-state index in [1.807, 2.05) is 56.3 Å². The molecule has 0 spiro atoms. The van der Waals surface area contributed by atoms with Gasteiger partial charge in [0.2, 0.25) is 0 Å². The number of hydrogen-bond acceptors (Lipinski definition) is 3. The maximum Gasteiger partial charge on any atom is 0.158 e. The summed E-state index contributed by atoms with van der Waals surface area (Å²) in [5.74, 6) is -0.759. The highest BCUT2D eigenvalue weighted by Gasteiger charge is 2.13. The van der Waals surface area contributed by atoms with Gasteiger partial charge in [-0.2, -0.15) is 10.5 Å². The van der Waals surface area contributed by atoms with E-state index in [1.54, 1.807) is 11.3 Å². The smallest absolute Gasteiger partial charge is 0.158 e. The second-order valence-corrected chi connectivity index (χ2v) is 6.50. The van der Waals surface area contributed by atoms with Gasteiger partial charge in [-0.15, -0.1) is 11.3 Å². The fraction of sp³-hybridized carbons (Fsp3) is 0.0909. The van der Waals surface area contributed by atoms with Crippen molar-refractivity contribution < 1.29 is 4.39 Å². The van der Waals surface area contributed by atoms with Crippen LogP contribution < -0.4 is 0 Å². The van der Waals surface area contributed by atoms with Crippen LogP contribution in [-0.2, 0) is 0 Å². The minimum Gasteiger partial charge on any atom is -0.204 e. The van der Waals surface area contributed by atoms with Crippen LogP contribution in [0.4, 0.5) is 4.39 Å². The van der Waals surface area contributed by atoms with Gasteiger partial charge >= 0.3 is 0 Å². The molecule has 4 heteroatoms. The summed E-state index contributed by atoms with van der Waals surface area (Å²) in [6.07, 6.45) is 0. The summed E-state index contributed by atoms with van der Waals surface area (Å²) in [7, 11) is 0. The van der Waals surface area contributed by atoms with Gasteiger partial charge in [0.1, 0.15) is 12.1 Å². The van der Waals surface area contributed by atoms with E-state index < -0.39 is 5.82 Å². The van der Waals surface area contributed by atoms with Gasteiger partial charge in [-0.25, -0.2) is 4.39 Å². The first-order chi connectivity index (χ1) is 12.7. The van der Waals surface area contributed by atoms with Crippen LogP contribution in [0.5, 0.6) is 0 Å². The van der Waals surface area contributed by atoms with Gasteiger partial charge in [0.15, 0.2) is 5.82 Å². The van der Waals surface area contributed by atoms with E-state index in [0.29, 0.717) is 5.56 Å². The van der Waals surface area contributed by atoms with Crippen molar-refractivity contribution in [2.45, 2.75) is 13.8 Å². The standard InChI is InChI=1S/C20H9FN2S.C2H6/c21-20-14(10-22)7-13(8-15(20)11-23)12-5-6-19-17(9-12)16-3-1-2-4-18(16)24-19;1-2/h1-9H;1-2H3. The summed E-state index contributed by atoms with van der Waals surface area (Å²) in [6, 6.07) is 20.8. The molecule has 0 aliphatic rings. The minimum atomic E-state index is -0.759. The first kappa shape index (κ1) is 17.6. The molecular formula is C22H15FN2S. The molecule has 0 radical (unpaired) electrons. The summed E-state index contributed by atoms with van der Waals surface area (Å²) >= 11 is 1.72. The lowest BCUT2D eigenvalue weighted by Gasteiger charge is -2.05. The van der Waals surface area contributed by atoms with E-state index in [9.17, 15) is 4.39 Å². The Kier molecular flexibility index (Phi) is 4.98. The Labute approximate surface area is 155 Å². The van der Waals surface area contributed by atoms with Crippen molar-refractivity contribution in [2.75, 3.05) is 0 Å². The number of hydrogen-bond donors (Lipinski definition) is 0. The Morgan fingerprint density at radius 3 is 2.04 bits per heavy atom. The fourth-order valence-corrected chi connectivity index (χ4v) is 3.95. The number of fused-ring (bicyclic) bond motifs is 3. The average molecular weight is 358 g/mol. The van der Waals surface area contributed by atoms with Crippen molar-refractivity contribution in [1.82, 2.24) is 0 Å². The zero-order valence-corrected chi connectivity index (χ0v) is 15.2. The van der Waals surface area contributed by atoms with Crippen molar-refractivity contribution in [3.8, 4) is 23.3 Å². The number of halogens is 1. The second-order valence-electron chi connectivity index (χ2n) is 5.42. The van der Waals surface area contributed by atoms with Crippen molar-refractivity contribution in [3.63, 3.8) is 0 Å². The summed E-state index contributed by atoms with van der Waals surface area (Å²) in [5.41, 5.74) is 1.30. The normalized spacial score (nSPS) is 10.0. The first-order valence-electron chi connectivity index (χ1n) is 8.26. The molecule has 0 fully saturated rings. The molecule has 0 N–H and O–H groups in total. The second kappa shape index (κ2) is 7.35. The molecule has 1 heterocycles. The van der Waals surface area contributed by atoms with E-state index in [2.05, 4.69) is 12.1 Å². The number of nitriles is 2. The molecule has 0 atom stereocenters. The first-order valence-corrected chi connectivity index (χ1v) is 9.08. The number of benzene rings is 3. The summed E-state index contributed by atoms with van der Waals surface area (Å²) in [4.78, 5) is 0. The quantitative estimate of drug-likeness (QED) is 0.383. The summed E-state index contributed by atoms with van der Waals surface area (Å²) in [6.45, 7) is 4.00. The third-order valence-corrected chi connectivity index (χ3v) is 5.18. The predicted molar refractivity (Wildman–Crippen MR) is 106 cm³/mol. The van der Waals surface area contributed by atoms with Gasteiger partial charge in [-0.3, -0.25) is 0 Å². The lowest BCUT2D eigenvalue weighted by atomic mass is 9.98. The topological polar surface area (TPSA) is 47.6 Å². The molecule has 4 aromatic rings. The third kappa shape index (κ3) is 2.92. The van der Waals surface area contributed by atoms with Gasteiger partial charge in [-0.05, 0) is 41.5 Å². The zero-order valence-electron chi connectivity index (χ0n) is 14.4. The molecule has 0 aliphatic heterocycles. The van der Waals surface area contributed by atoms with Crippen molar-refractivity contribution >= 4 is 31.5 Å². The van der Waals surface area contributed by atoms with Crippen molar-refractivity contribution in [3.05, 3.63) is 71.5 Å². The third-order valence-electron chi connectivity index (χ3n) is 4.02. The average Bonchev–Trinajstić information content (AvgIpc) is 3.07. The zero-order chi connectivity index (χ0) is 18.7. The Morgan fingerprint density at radius 1 is 0.769 bits per heavy atom. The van der Waals surface area contributed by atoms with E-state index >= 15 is 0 Å². The molecule has 26 heavy (non-hydrogen) atoms. The van der Waals surface area contributed by atoms with Gasteiger partial charge in [0, 0.05) is 20.2 Å². The molecular weight excluding hydrogens is 343 g/mol. The van der Waals surface area contributed by atoms with Gasteiger partial charge in [-0.1, -0.05) is 38.1 Å². The van der Waals surface area contributed by atoms with Crippen LogP contribution in [0.3, 0.4) is 0 Å². The SMILES string of the molecule is CC.N#Cc1cc(-c2ccc3sc4ccccc4c3c2)cc(C#N)c1F. The predicted octanol–water partition coefficient (Wildman–Crippen LogP) is 6.63. The number of nitrogens with zero attached hydrogens (tertiary/aromatic N) is 2. The highest BCUT2D eigenvalue weighted by atomic mass is 32.1. The molecule has 3 aromatic carbocycles. The van der Waals surface area contributed by atoms with E-state index in [0.717, 1.165) is 10.9 Å². The Hall–Kier alpha value is -3.21. The van der Waals surface area contributed by atoms with Gasteiger partial charge < -0.3 is 0 Å². The lowest BCUT2D eigenvalue weighted by Crippen LogP contribution is -1.91. The highest BCUT2D eigenvalue weighted by molar-refractivity contribution is 7.25. The molecule has 0 saturated heterocycles. The van der Waals surface area contributed by atoms with Crippen LogP contribution in [-0.4, -0.2) is 0 Å². The molecule has 4 rings (SSSR count). The summed E-state index contributed by atoms with van der Waals surface area (Å²) < 4.78 is 16.3. The summed E-state index contributed by atoms with van der Waals surface area (Å²) in [5, 5.41) is 20.5. The molecule has 0 unspecified atom stereocenters. The maximum absolute atomic E-state index is 13.9. The van der Waals surface area contributed by atoms with Crippen LogP contribution in [0.2, 0.25) is 0 Å². The molecule has 0 amide bonds. The Balaban J connectivity index is 0.000000948. The van der Waals surface area contributed by atoms with Crippen molar-refractivity contribution in [2.24, 2.45) is 0 Å². The van der Waals surface area contributed by atoms with Crippen LogP contribution in [0.1, 0.15) is 25.0 Å². The minimum absolute atomic E-state index is 0.112. The number of rotatable bonds is 1. The molecule has 0 saturated carbocycles. The Morgan fingerprint density at radius 2 is 1.38 bits per heavy atom. The monoisotopic (exact) mass is 358 g/mol.